The number of β-amino-alcohol motifs (C(OH)–C–C–N with tert-alkyl or cyclic N) is 1. The van der Waals surface area contributed by atoms with Gasteiger partial charge in [0.05, 0.1) is 6.10 Å². The van der Waals surface area contributed by atoms with Crippen molar-refractivity contribution < 1.29 is 14.4 Å². The average molecular weight is 330 g/mol. The minimum atomic E-state index is -0.442. The Morgan fingerprint density at radius 3 is 3.04 bits per heavy atom. The summed E-state index contributed by atoms with van der Waals surface area (Å²) in [5, 5.41) is 16.5. The standard InChI is InChI=1S/C17H22N4O3/c1-3-15-19-16(24-20-15)12-7-6-11(2)14(9-12)18-17(23)21-8-4-5-13(22)10-21/h6-7,9,13,22H,3-5,8,10H2,1-2H3,(H,18,23). The van der Waals surface area contributed by atoms with Gasteiger partial charge in [0, 0.05) is 30.8 Å². The monoisotopic (exact) mass is 330 g/mol. The Labute approximate surface area is 140 Å². The third-order valence-corrected chi connectivity index (χ3v) is 4.19. The Balaban J connectivity index is 1.77. The van der Waals surface area contributed by atoms with Crippen molar-refractivity contribution in [3.8, 4) is 11.5 Å². The molecule has 0 bridgehead atoms. The number of hydrogen-bond acceptors (Lipinski definition) is 5. The molecule has 7 nitrogen and oxygen atoms in total. The van der Waals surface area contributed by atoms with Crippen LogP contribution in [0.4, 0.5) is 10.5 Å². The van der Waals surface area contributed by atoms with Crippen LogP contribution >= 0.6 is 0 Å². The predicted molar refractivity (Wildman–Crippen MR) is 89.7 cm³/mol. The first-order valence-corrected chi connectivity index (χ1v) is 8.24. The highest BCUT2D eigenvalue weighted by molar-refractivity contribution is 5.91. The number of anilines is 1. The lowest BCUT2D eigenvalue weighted by atomic mass is 10.1. The Hall–Kier alpha value is -2.41. The van der Waals surface area contributed by atoms with Crippen LogP contribution in [-0.2, 0) is 6.42 Å². The van der Waals surface area contributed by atoms with E-state index in [0.717, 1.165) is 24.0 Å². The summed E-state index contributed by atoms with van der Waals surface area (Å²) in [5.74, 6) is 1.09. The molecule has 2 amide bonds. The molecule has 0 saturated carbocycles. The first-order chi connectivity index (χ1) is 11.6. The molecule has 0 radical (unpaired) electrons. The van der Waals surface area contributed by atoms with Gasteiger partial charge in [-0.3, -0.25) is 0 Å². The van der Waals surface area contributed by atoms with Crippen LogP contribution in [0.25, 0.3) is 11.5 Å². The molecule has 1 aromatic heterocycles. The van der Waals surface area contributed by atoms with Crippen LogP contribution in [0.5, 0.6) is 0 Å². The number of aliphatic hydroxyl groups excluding tert-OH is 1. The second-order valence-corrected chi connectivity index (χ2v) is 6.07. The third kappa shape index (κ3) is 3.56. The number of carbonyl (C=O) groups excluding carboxylic acids is 1. The van der Waals surface area contributed by atoms with E-state index in [1.54, 1.807) is 4.90 Å². The number of aliphatic hydroxyl groups is 1. The summed E-state index contributed by atoms with van der Waals surface area (Å²) in [7, 11) is 0. The second-order valence-electron chi connectivity index (χ2n) is 6.07. The van der Waals surface area contributed by atoms with Gasteiger partial charge in [-0.05, 0) is 37.5 Å². The maximum atomic E-state index is 12.4. The number of urea groups is 1. The fourth-order valence-electron chi connectivity index (χ4n) is 2.74. The summed E-state index contributed by atoms with van der Waals surface area (Å²) in [4.78, 5) is 18.4. The lowest BCUT2D eigenvalue weighted by molar-refractivity contribution is 0.0883. The SMILES string of the molecule is CCc1noc(-c2ccc(C)c(NC(=O)N3CCCC(O)C3)c2)n1. The molecule has 1 fully saturated rings. The minimum Gasteiger partial charge on any atom is -0.391 e. The van der Waals surface area contributed by atoms with Crippen molar-refractivity contribution in [1.29, 1.82) is 0 Å². The van der Waals surface area contributed by atoms with Gasteiger partial charge in [0.1, 0.15) is 0 Å². The topological polar surface area (TPSA) is 91.5 Å². The number of rotatable bonds is 3. The normalized spacial score (nSPS) is 17.8. The van der Waals surface area contributed by atoms with Crippen molar-refractivity contribution in [3.63, 3.8) is 0 Å². The zero-order valence-corrected chi connectivity index (χ0v) is 14.0. The number of amides is 2. The molecule has 1 unspecified atom stereocenters. The van der Waals surface area contributed by atoms with E-state index >= 15 is 0 Å². The second kappa shape index (κ2) is 7.00. The van der Waals surface area contributed by atoms with Crippen LogP contribution in [0.2, 0.25) is 0 Å². The van der Waals surface area contributed by atoms with E-state index in [0.29, 0.717) is 36.9 Å². The summed E-state index contributed by atoms with van der Waals surface area (Å²) in [6.45, 7) is 4.91. The number of aryl methyl sites for hydroxylation is 2. The molecule has 128 valence electrons. The van der Waals surface area contributed by atoms with Gasteiger partial charge in [0.2, 0.25) is 0 Å². The number of piperidine rings is 1. The number of nitrogens with one attached hydrogen (secondary N) is 1. The number of nitrogens with zero attached hydrogens (tertiary/aromatic N) is 3. The smallest absolute Gasteiger partial charge is 0.321 e. The zero-order valence-electron chi connectivity index (χ0n) is 14.0. The van der Waals surface area contributed by atoms with E-state index in [1.165, 1.54) is 0 Å². The summed E-state index contributed by atoms with van der Waals surface area (Å²) < 4.78 is 5.25. The maximum absolute atomic E-state index is 12.4. The third-order valence-electron chi connectivity index (χ3n) is 4.19. The van der Waals surface area contributed by atoms with Gasteiger partial charge in [-0.15, -0.1) is 0 Å². The van der Waals surface area contributed by atoms with Gasteiger partial charge in [-0.25, -0.2) is 4.79 Å². The predicted octanol–water partition coefficient (Wildman–Crippen LogP) is 2.60. The average Bonchev–Trinajstić information content (AvgIpc) is 3.06. The van der Waals surface area contributed by atoms with Crippen molar-refractivity contribution in [2.45, 2.75) is 39.2 Å². The van der Waals surface area contributed by atoms with E-state index in [4.69, 9.17) is 4.52 Å². The van der Waals surface area contributed by atoms with E-state index in [2.05, 4.69) is 15.5 Å². The summed E-state index contributed by atoms with van der Waals surface area (Å²) in [6, 6.07) is 5.43. The molecule has 24 heavy (non-hydrogen) atoms. The molecule has 3 rings (SSSR count). The van der Waals surface area contributed by atoms with Gasteiger partial charge in [0.15, 0.2) is 5.82 Å². The van der Waals surface area contributed by atoms with Crippen LogP contribution in [0.3, 0.4) is 0 Å². The fraction of sp³-hybridized carbons (Fsp3) is 0.471. The summed E-state index contributed by atoms with van der Waals surface area (Å²) in [6.07, 6.45) is 1.82. The molecule has 2 aromatic rings. The Morgan fingerprint density at radius 1 is 1.50 bits per heavy atom. The van der Waals surface area contributed by atoms with E-state index < -0.39 is 6.10 Å². The van der Waals surface area contributed by atoms with Gasteiger partial charge in [0.25, 0.3) is 5.89 Å². The molecular weight excluding hydrogens is 308 g/mol. The molecule has 1 atom stereocenters. The molecule has 1 aliphatic rings. The van der Waals surface area contributed by atoms with Crippen LogP contribution in [0.1, 0.15) is 31.2 Å². The number of benzene rings is 1. The van der Waals surface area contributed by atoms with Gasteiger partial charge >= 0.3 is 6.03 Å². The number of likely N-dealkylation sites (tertiary alicyclic amines) is 1. The Kier molecular flexibility index (Phi) is 4.80. The van der Waals surface area contributed by atoms with Crippen molar-refractivity contribution in [3.05, 3.63) is 29.6 Å². The molecule has 0 spiro atoms. The highest BCUT2D eigenvalue weighted by Crippen LogP contribution is 2.25. The molecule has 2 N–H and O–H groups in total. The Bertz CT molecular complexity index is 728. The Morgan fingerprint density at radius 2 is 2.33 bits per heavy atom. The van der Waals surface area contributed by atoms with Gasteiger partial charge in [-0.1, -0.05) is 18.1 Å². The van der Waals surface area contributed by atoms with Crippen molar-refractivity contribution in [2.75, 3.05) is 18.4 Å². The van der Waals surface area contributed by atoms with Crippen LogP contribution in [-0.4, -0.2) is 45.4 Å². The van der Waals surface area contributed by atoms with Crippen LogP contribution < -0.4 is 5.32 Å². The maximum Gasteiger partial charge on any atom is 0.321 e. The van der Waals surface area contributed by atoms with Crippen molar-refractivity contribution in [2.24, 2.45) is 0 Å². The van der Waals surface area contributed by atoms with E-state index in [9.17, 15) is 9.90 Å². The highest BCUT2D eigenvalue weighted by atomic mass is 16.5. The van der Waals surface area contributed by atoms with Crippen LogP contribution in [0, 0.1) is 6.92 Å². The number of carbonyl (C=O) groups is 1. The molecule has 2 heterocycles. The lowest BCUT2D eigenvalue weighted by Crippen LogP contribution is -2.44. The highest BCUT2D eigenvalue weighted by Gasteiger charge is 2.22. The number of aromatic nitrogens is 2. The lowest BCUT2D eigenvalue weighted by Gasteiger charge is -2.30. The fourth-order valence-corrected chi connectivity index (χ4v) is 2.74. The van der Waals surface area contributed by atoms with Gasteiger partial charge in [-0.2, -0.15) is 4.98 Å². The van der Waals surface area contributed by atoms with Crippen LogP contribution in [0.15, 0.2) is 22.7 Å². The molecule has 7 heteroatoms. The molecule has 1 aliphatic heterocycles. The van der Waals surface area contributed by atoms with Gasteiger partial charge < -0.3 is 19.8 Å². The largest absolute Gasteiger partial charge is 0.391 e. The van der Waals surface area contributed by atoms with Crippen molar-refractivity contribution >= 4 is 11.7 Å². The molecule has 1 aromatic carbocycles. The van der Waals surface area contributed by atoms with E-state index in [1.807, 2.05) is 32.0 Å². The number of hydrogen-bond donors (Lipinski definition) is 2. The summed E-state index contributed by atoms with van der Waals surface area (Å²) in [5.41, 5.74) is 2.41. The van der Waals surface area contributed by atoms with Crippen molar-refractivity contribution in [1.82, 2.24) is 15.0 Å². The zero-order chi connectivity index (χ0) is 17.1. The first kappa shape index (κ1) is 16.4. The molecule has 0 aliphatic carbocycles. The molecule has 1 saturated heterocycles. The molecular formula is C17H22N4O3. The quantitative estimate of drug-likeness (QED) is 0.902. The van der Waals surface area contributed by atoms with E-state index in [-0.39, 0.29) is 6.03 Å². The summed E-state index contributed by atoms with van der Waals surface area (Å²) >= 11 is 0. The first-order valence-electron chi connectivity index (χ1n) is 8.24. The minimum absolute atomic E-state index is 0.200.